The van der Waals surface area contributed by atoms with Crippen LogP contribution in [-0.2, 0) is 12.8 Å². The van der Waals surface area contributed by atoms with Gasteiger partial charge in [0.2, 0.25) is 0 Å². The van der Waals surface area contributed by atoms with Gasteiger partial charge in [0.15, 0.2) is 0 Å². The van der Waals surface area contributed by atoms with Gasteiger partial charge >= 0.3 is 6.18 Å². The Morgan fingerprint density at radius 2 is 1.79 bits per heavy atom. The lowest BCUT2D eigenvalue weighted by Gasteiger charge is -2.17. The quantitative estimate of drug-likeness (QED) is 0.371. The Morgan fingerprint density at radius 3 is 2.55 bits per heavy atom. The Bertz CT molecular complexity index is 1160. The Labute approximate surface area is 166 Å². The van der Waals surface area contributed by atoms with Crippen molar-refractivity contribution in [3.05, 3.63) is 72.1 Å². The Morgan fingerprint density at radius 1 is 1.03 bits per heavy atom. The third-order valence-corrected chi connectivity index (χ3v) is 5.23. The second-order valence-electron chi connectivity index (χ2n) is 7.12. The molecule has 0 aliphatic carbocycles. The van der Waals surface area contributed by atoms with Crippen molar-refractivity contribution in [2.75, 3.05) is 0 Å². The normalized spacial score (nSPS) is 13.1. The van der Waals surface area contributed by atoms with Crippen LogP contribution < -0.4 is 4.74 Å². The van der Waals surface area contributed by atoms with E-state index < -0.39 is 11.7 Å². The van der Waals surface area contributed by atoms with E-state index >= 15 is 0 Å². The highest BCUT2D eigenvalue weighted by Crippen LogP contribution is 2.33. The van der Waals surface area contributed by atoms with Crippen molar-refractivity contribution < 1.29 is 17.9 Å². The van der Waals surface area contributed by atoms with Gasteiger partial charge in [0.25, 0.3) is 0 Å². The van der Waals surface area contributed by atoms with E-state index in [4.69, 9.17) is 4.74 Å². The van der Waals surface area contributed by atoms with Gasteiger partial charge in [-0.1, -0.05) is 43.3 Å². The topological polar surface area (TPSA) is 27.1 Å². The number of rotatable bonds is 5. The molecule has 1 heterocycles. The summed E-state index contributed by atoms with van der Waals surface area (Å²) >= 11 is 0. The van der Waals surface area contributed by atoms with Crippen LogP contribution in [0.1, 0.15) is 37.7 Å². The van der Waals surface area contributed by atoms with Gasteiger partial charge < -0.3 is 9.30 Å². The standard InChI is InChI=1S/C23H21F3N2O/c1-3-15(2)28-20-12-11-17(23(24,25)26)13-19(20)27-22(28)14-29-21-10-6-8-16-7-4-5-9-18(16)21/h4-13,15H,3,14H2,1-2H3. The molecule has 0 bridgehead atoms. The monoisotopic (exact) mass is 398 g/mol. The maximum Gasteiger partial charge on any atom is 0.416 e. The highest BCUT2D eigenvalue weighted by molar-refractivity contribution is 5.88. The Balaban J connectivity index is 1.73. The van der Waals surface area contributed by atoms with Crippen LogP contribution in [0.25, 0.3) is 21.8 Å². The van der Waals surface area contributed by atoms with Crippen molar-refractivity contribution in [3.63, 3.8) is 0 Å². The molecule has 6 heteroatoms. The molecule has 0 spiro atoms. The number of halogens is 3. The van der Waals surface area contributed by atoms with Crippen LogP contribution >= 0.6 is 0 Å². The zero-order chi connectivity index (χ0) is 20.6. The Kier molecular flexibility index (Phi) is 4.94. The van der Waals surface area contributed by atoms with Gasteiger partial charge in [-0.15, -0.1) is 0 Å². The van der Waals surface area contributed by atoms with Gasteiger partial charge in [-0.25, -0.2) is 4.98 Å². The SMILES string of the molecule is CCC(C)n1c(COc2cccc3ccccc23)nc2cc(C(F)(F)F)ccc21. The van der Waals surface area contributed by atoms with Crippen molar-refractivity contribution >= 4 is 21.8 Å². The van der Waals surface area contributed by atoms with E-state index in [2.05, 4.69) is 4.98 Å². The Hall–Kier alpha value is -3.02. The first kappa shape index (κ1) is 19.3. The lowest BCUT2D eigenvalue weighted by Crippen LogP contribution is -2.11. The van der Waals surface area contributed by atoms with Crippen LogP contribution in [0, 0.1) is 0 Å². The molecule has 0 saturated heterocycles. The van der Waals surface area contributed by atoms with Crippen LogP contribution in [0.5, 0.6) is 5.75 Å². The number of hydrogen-bond donors (Lipinski definition) is 0. The molecule has 0 N–H and O–H groups in total. The smallest absolute Gasteiger partial charge is 0.416 e. The van der Waals surface area contributed by atoms with Gasteiger partial charge in [-0.05, 0) is 43.0 Å². The zero-order valence-electron chi connectivity index (χ0n) is 16.2. The van der Waals surface area contributed by atoms with Crippen LogP contribution in [0.3, 0.4) is 0 Å². The molecule has 1 unspecified atom stereocenters. The van der Waals surface area contributed by atoms with Crippen LogP contribution in [-0.4, -0.2) is 9.55 Å². The molecule has 0 aliphatic rings. The summed E-state index contributed by atoms with van der Waals surface area (Å²) in [6.07, 6.45) is -3.57. The lowest BCUT2D eigenvalue weighted by atomic mass is 10.1. The third-order valence-electron chi connectivity index (χ3n) is 5.23. The highest BCUT2D eigenvalue weighted by Gasteiger charge is 2.31. The molecule has 1 atom stereocenters. The summed E-state index contributed by atoms with van der Waals surface area (Å²) in [5.74, 6) is 1.34. The molecule has 1 aromatic heterocycles. The minimum atomic E-state index is -4.39. The van der Waals surface area contributed by atoms with E-state index in [9.17, 15) is 13.2 Å². The summed E-state index contributed by atoms with van der Waals surface area (Å²) in [6.45, 7) is 4.24. The van der Waals surface area contributed by atoms with Gasteiger partial charge in [0, 0.05) is 11.4 Å². The third kappa shape index (κ3) is 3.67. The summed E-state index contributed by atoms with van der Waals surface area (Å²) in [5, 5.41) is 2.05. The molecule has 0 radical (unpaired) electrons. The van der Waals surface area contributed by atoms with E-state index in [1.54, 1.807) is 0 Å². The zero-order valence-corrected chi connectivity index (χ0v) is 16.2. The molecule has 0 amide bonds. The molecule has 0 aliphatic heterocycles. The van der Waals surface area contributed by atoms with E-state index in [1.165, 1.54) is 6.07 Å². The summed E-state index contributed by atoms with van der Waals surface area (Å²) in [7, 11) is 0. The maximum absolute atomic E-state index is 13.1. The van der Waals surface area contributed by atoms with Gasteiger partial charge in [-0.2, -0.15) is 13.2 Å². The molecule has 29 heavy (non-hydrogen) atoms. The van der Waals surface area contributed by atoms with Crippen LogP contribution in [0.15, 0.2) is 60.7 Å². The first-order chi connectivity index (χ1) is 13.9. The number of benzene rings is 3. The summed E-state index contributed by atoms with van der Waals surface area (Å²) < 4.78 is 47.4. The molecule has 3 nitrogen and oxygen atoms in total. The van der Waals surface area contributed by atoms with Gasteiger partial charge in [0.05, 0.1) is 16.6 Å². The molecular formula is C23H21F3N2O. The molecule has 4 aromatic rings. The summed E-state index contributed by atoms with van der Waals surface area (Å²) in [5.41, 5.74) is 0.320. The fourth-order valence-corrected chi connectivity index (χ4v) is 3.57. The molecule has 0 fully saturated rings. The van der Waals surface area contributed by atoms with Crippen molar-refractivity contribution in [1.82, 2.24) is 9.55 Å². The largest absolute Gasteiger partial charge is 0.485 e. The minimum Gasteiger partial charge on any atom is -0.485 e. The second-order valence-corrected chi connectivity index (χ2v) is 7.12. The molecule has 0 saturated carbocycles. The highest BCUT2D eigenvalue weighted by atomic mass is 19.4. The second kappa shape index (κ2) is 7.43. The summed E-state index contributed by atoms with van der Waals surface area (Å²) in [6, 6.07) is 17.5. The predicted molar refractivity (Wildman–Crippen MR) is 108 cm³/mol. The number of nitrogens with zero attached hydrogens (tertiary/aromatic N) is 2. The molecular weight excluding hydrogens is 377 g/mol. The van der Waals surface area contributed by atoms with E-state index in [0.717, 1.165) is 35.1 Å². The fourth-order valence-electron chi connectivity index (χ4n) is 3.57. The number of ether oxygens (including phenoxy) is 1. The van der Waals surface area contributed by atoms with Crippen molar-refractivity contribution in [1.29, 1.82) is 0 Å². The average molecular weight is 398 g/mol. The number of imidazole rings is 1. The van der Waals surface area contributed by atoms with Crippen LogP contribution in [0.4, 0.5) is 13.2 Å². The van der Waals surface area contributed by atoms with E-state index in [0.29, 0.717) is 16.9 Å². The minimum absolute atomic E-state index is 0.0860. The predicted octanol–water partition coefficient (Wildman–Crippen LogP) is 6.76. The first-order valence-corrected chi connectivity index (χ1v) is 9.57. The average Bonchev–Trinajstić information content (AvgIpc) is 3.08. The number of aromatic nitrogens is 2. The molecule has 150 valence electrons. The maximum atomic E-state index is 13.1. The first-order valence-electron chi connectivity index (χ1n) is 9.57. The van der Waals surface area contributed by atoms with E-state index in [1.807, 2.05) is 60.9 Å². The van der Waals surface area contributed by atoms with E-state index in [-0.39, 0.29) is 12.6 Å². The number of alkyl halides is 3. The van der Waals surface area contributed by atoms with Crippen molar-refractivity contribution in [2.24, 2.45) is 0 Å². The fraction of sp³-hybridized carbons (Fsp3) is 0.261. The lowest BCUT2D eigenvalue weighted by molar-refractivity contribution is -0.137. The van der Waals surface area contributed by atoms with Gasteiger partial charge in [-0.3, -0.25) is 0 Å². The van der Waals surface area contributed by atoms with Crippen molar-refractivity contribution in [2.45, 2.75) is 39.1 Å². The van der Waals surface area contributed by atoms with Gasteiger partial charge in [0.1, 0.15) is 18.2 Å². The summed E-state index contributed by atoms with van der Waals surface area (Å²) in [4.78, 5) is 4.49. The number of fused-ring (bicyclic) bond motifs is 2. The number of hydrogen-bond acceptors (Lipinski definition) is 2. The van der Waals surface area contributed by atoms with Crippen molar-refractivity contribution in [3.8, 4) is 5.75 Å². The molecule has 3 aromatic carbocycles. The molecule has 4 rings (SSSR count). The van der Waals surface area contributed by atoms with Crippen LogP contribution in [0.2, 0.25) is 0 Å².